The van der Waals surface area contributed by atoms with Gasteiger partial charge in [0.2, 0.25) is 0 Å². The third-order valence-corrected chi connectivity index (χ3v) is 0. The smallest absolute Gasteiger partial charge is 0 e. The Balaban J connectivity index is -0.0000000200. The zero-order chi connectivity index (χ0) is 2.71. The Kier molecular flexibility index (Phi) is 171. The van der Waals surface area contributed by atoms with Crippen LogP contribution in [0, 0.1) is 0 Å². The molecule has 0 N–H and O–H groups in total. The second-order valence-corrected chi connectivity index (χ2v) is 0.408. The van der Waals surface area contributed by atoms with E-state index in [0.717, 1.165) is 0 Å². The molecule has 0 saturated heterocycles. The van der Waals surface area contributed by atoms with Gasteiger partial charge in [-0.05, 0) is 6.92 Å². The van der Waals surface area contributed by atoms with E-state index in [1.54, 1.807) is 6.08 Å². The summed E-state index contributed by atoms with van der Waals surface area (Å²) in [6, 6.07) is 0. The monoisotopic (exact) mass is 90.0 g/mol. The van der Waals surface area contributed by atoms with E-state index < -0.39 is 0 Å². The Morgan fingerprint density at radius 1 is 1.60 bits per heavy atom. The molecular formula is C3H7FSi. The van der Waals surface area contributed by atoms with Crippen LogP contribution in [0.1, 0.15) is 6.92 Å². The summed E-state index contributed by atoms with van der Waals surface area (Å²) >= 11 is 0. The van der Waals surface area contributed by atoms with E-state index in [-0.39, 0.29) is 15.7 Å². The number of allylic oxidation sites excluding steroid dienone is 1. The zero-order valence-corrected chi connectivity index (χ0v) is 4.19. The van der Waals surface area contributed by atoms with Crippen LogP contribution in [0.4, 0.5) is 4.70 Å². The summed E-state index contributed by atoms with van der Waals surface area (Å²) in [5, 5.41) is 0. The highest BCUT2D eigenvalue weighted by Gasteiger charge is 1.15. The minimum atomic E-state index is 0. The molecule has 0 aliphatic heterocycles. The Bertz CT molecular complexity index is 14.4. The molecule has 5 heavy (non-hydrogen) atoms. The Morgan fingerprint density at radius 2 is 1.60 bits per heavy atom. The van der Waals surface area contributed by atoms with Crippen LogP contribution in [-0.2, 0) is 0 Å². The summed E-state index contributed by atoms with van der Waals surface area (Å²) in [6.07, 6.45) is 1.75. The Morgan fingerprint density at radius 3 is 1.60 bits per heavy atom. The summed E-state index contributed by atoms with van der Waals surface area (Å²) in [6.45, 7) is 5.25. The van der Waals surface area contributed by atoms with Crippen LogP contribution in [0.3, 0.4) is 0 Å². The van der Waals surface area contributed by atoms with E-state index in [4.69, 9.17) is 0 Å². The van der Waals surface area contributed by atoms with Gasteiger partial charge < -0.3 is 0 Å². The van der Waals surface area contributed by atoms with Crippen molar-refractivity contribution in [2.75, 3.05) is 0 Å². The molecule has 4 radical (unpaired) electrons. The highest BCUT2D eigenvalue weighted by atomic mass is 28.1. The van der Waals surface area contributed by atoms with E-state index in [9.17, 15) is 0 Å². The second kappa shape index (κ2) is 41.2. The molecule has 0 spiro atoms. The molecule has 0 atom stereocenters. The lowest BCUT2D eigenvalue weighted by Gasteiger charge is -1.31. The first kappa shape index (κ1) is 20.7. The standard InChI is InChI=1S/C3H6.FH.Si/c1-3-2;;/h3H,1H2,2H3;1H;. The minimum Gasteiger partial charge on any atom is -0.269 e. The molecule has 0 bridgehead atoms. The summed E-state index contributed by atoms with van der Waals surface area (Å²) in [4.78, 5) is 0. The fraction of sp³-hybridized carbons (Fsp3) is 0.333. The van der Waals surface area contributed by atoms with Crippen molar-refractivity contribution in [1.29, 1.82) is 0 Å². The molecule has 0 saturated carbocycles. The third-order valence-electron chi connectivity index (χ3n) is 0. The van der Waals surface area contributed by atoms with Gasteiger partial charge in [0, 0.05) is 11.0 Å². The number of hydrogen-bond acceptors (Lipinski definition) is 0. The fourth-order valence-electron chi connectivity index (χ4n) is 0. The Hall–Kier alpha value is -0.113. The van der Waals surface area contributed by atoms with Gasteiger partial charge in [0.25, 0.3) is 0 Å². The molecule has 0 nitrogen and oxygen atoms in total. The lowest BCUT2D eigenvalue weighted by Crippen LogP contribution is -1.07. The first-order valence-corrected chi connectivity index (χ1v) is 0.986. The first-order chi connectivity index (χ1) is 1.41. The molecule has 0 aromatic heterocycles. The number of rotatable bonds is 0. The van der Waals surface area contributed by atoms with Gasteiger partial charge >= 0.3 is 0 Å². The van der Waals surface area contributed by atoms with Gasteiger partial charge in [0.1, 0.15) is 0 Å². The van der Waals surface area contributed by atoms with Gasteiger partial charge in [-0.15, -0.1) is 6.58 Å². The summed E-state index contributed by atoms with van der Waals surface area (Å²) in [5.74, 6) is 0. The quantitative estimate of drug-likeness (QED) is 0.307. The summed E-state index contributed by atoms with van der Waals surface area (Å²) in [7, 11) is 0. The maximum atomic E-state index is 3.36. The largest absolute Gasteiger partial charge is 0.269 e. The predicted octanol–water partition coefficient (Wildman–Crippen LogP) is 0.964. The predicted molar refractivity (Wildman–Crippen MR) is 24.1 cm³/mol. The molecule has 0 aliphatic carbocycles. The molecule has 2 heteroatoms. The van der Waals surface area contributed by atoms with Crippen LogP contribution in [-0.4, -0.2) is 11.0 Å². The molecule has 0 rings (SSSR count). The molecule has 0 unspecified atom stereocenters. The van der Waals surface area contributed by atoms with Gasteiger partial charge in [-0.1, -0.05) is 6.08 Å². The number of halogens is 1. The van der Waals surface area contributed by atoms with E-state index in [1.165, 1.54) is 0 Å². The third kappa shape index (κ3) is 1080. The topological polar surface area (TPSA) is 0 Å². The van der Waals surface area contributed by atoms with Crippen LogP contribution in [0.15, 0.2) is 12.7 Å². The van der Waals surface area contributed by atoms with E-state index in [0.29, 0.717) is 0 Å². The summed E-state index contributed by atoms with van der Waals surface area (Å²) < 4.78 is 0. The zero-order valence-electron chi connectivity index (χ0n) is 3.19. The van der Waals surface area contributed by atoms with Crippen molar-refractivity contribution in [1.82, 2.24) is 0 Å². The van der Waals surface area contributed by atoms with Crippen LogP contribution < -0.4 is 0 Å². The van der Waals surface area contributed by atoms with Crippen molar-refractivity contribution < 1.29 is 4.70 Å². The lowest BCUT2D eigenvalue weighted by molar-refractivity contribution is 1.11. The fourth-order valence-corrected chi connectivity index (χ4v) is 0. The van der Waals surface area contributed by atoms with Gasteiger partial charge in [-0.3, -0.25) is 4.70 Å². The molecule has 0 fully saturated rings. The van der Waals surface area contributed by atoms with Crippen molar-refractivity contribution >= 4 is 11.0 Å². The second-order valence-electron chi connectivity index (χ2n) is 0.408. The maximum Gasteiger partial charge on any atom is 0 e. The molecule has 0 aromatic carbocycles. The van der Waals surface area contributed by atoms with Crippen LogP contribution in [0.25, 0.3) is 0 Å². The highest BCUT2D eigenvalue weighted by molar-refractivity contribution is 5.75. The molecule has 30 valence electrons. The molecule has 0 amide bonds. The van der Waals surface area contributed by atoms with Crippen molar-refractivity contribution in [2.45, 2.75) is 6.92 Å². The Labute approximate surface area is 36.3 Å². The lowest BCUT2D eigenvalue weighted by atomic mass is 10.8. The van der Waals surface area contributed by atoms with E-state index >= 15 is 0 Å². The molecule has 0 heterocycles. The summed E-state index contributed by atoms with van der Waals surface area (Å²) in [5.41, 5.74) is 0. The SMILES string of the molecule is C=CC.F.[Si]. The first-order valence-electron chi connectivity index (χ1n) is 0.986. The molecule has 0 aromatic rings. The van der Waals surface area contributed by atoms with Crippen LogP contribution in [0.2, 0.25) is 0 Å². The van der Waals surface area contributed by atoms with Gasteiger partial charge in [-0.25, -0.2) is 0 Å². The minimum absolute atomic E-state index is 0. The van der Waals surface area contributed by atoms with Gasteiger partial charge in [0.15, 0.2) is 0 Å². The average Bonchev–Trinajstić information content (AvgIpc) is 0.918. The van der Waals surface area contributed by atoms with Crippen molar-refractivity contribution in [3.63, 3.8) is 0 Å². The van der Waals surface area contributed by atoms with Gasteiger partial charge in [0.05, 0.1) is 0 Å². The maximum absolute atomic E-state index is 3.36. The van der Waals surface area contributed by atoms with Gasteiger partial charge in [-0.2, -0.15) is 0 Å². The molecule has 0 aliphatic rings. The normalized spacial score (nSPS) is 2.60. The molecular weight excluding hydrogens is 83.1 g/mol. The van der Waals surface area contributed by atoms with E-state index in [1.807, 2.05) is 6.92 Å². The van der Waals surface area contributed by atoms with Crippen molar-refractivity contribution in [2.24, 2.45) is 0 Å². The number of hydrogen-bond donors (Lipinski definition) is 0. The van der Waals surface area contributed by atoms with Crippen LogP contribution in [0.5, 0.6) is 0 Å². The highest BCUT2D eigenvalue weighted by Crippen LogP contribution is 1.38. The van der Waals surface area contributed by atoms with E-state index in [2.05, 4.69) is 6.58 Å². The van der Waals surface area contributed by atoms with Crippen molar-refractivity contribution in [3.8, 4) is 0 Å². The van der Waals surface area contributed by atoms with Crippen molar-refractivity contribution in [3.05, 3.63) is 12.7 Å². The van der Waals surface area contributed by atoms with Crippen LogP contribution >= 0.6 is 0 Å². The average molecular weight is 90.2 g/mol.